The van der Waals surface area contributed by atoms with Crippen LogP contribution >= 0.6 is 23.2 Å². The molecule has 27 heavy (non-hydrogen) atoms. The number of amides is 2. The third kappa shape index (κ3) is 4.01. The van der Waals surface area contributed by atoms with Crippen molar-refractivity contribution in [1.29, 1.82) is 0 Å². The van der Waals surface area contributed by atoms with E-state index in [0.717, 1.165) is 12.1 Å². The minimum absolute atomic E-state index is 0.00559. The van der Waals surface area contributed by atoms with Crippen LogP contribution in [0.5, 0.6) is 0 Å². The zero-order valence-electron chi connectivity index (χ0n) is 13.6. The summed E-state index contributed by atoms with van der Waals surface area (Å²) in [5.41, 5.74) is -0.263. The van der Waals surface area contributed by atoms with Gasteiger partial charge in [0.05, 0.1) is 27.2 Å². The van der Waals surface area contributed by atoms with Crippen molar-refractivity contribution in [3.63, 3.8) is 0 Å². The molecule has 1 unspecified atom stereocenters. The van der Waals surface area contributed by atoms with Crippen LogP contribution in [-0.2, 0) is 9.59 Å². The molecule has 0 bridgehead atoms. The SMILES string of the molecule is O=C(Nc1cc(Cl)ccc1Cl)C1CC(=O)N(c2ccc(F)c([N+](=O)[O-])c2)C1. The van der Waals surface area contributed by atoms with Crippen LogP contribution in [0.3, 0.4) is 0 Å². The van der Waals surface area contributed by atoms with Crippen LogP contribution in [0.2, 0.25) is 10.0 Å². The largest absolute Gasteiger partial charge is 0.324 e. The fourth-order valence-corrected chi connectivity index (χ4v) is 3.11. The van der Waals surface area contributed by atoms with E-state index in [1.54, 1.807) is 6.07 Å². The molecular formula is C17H12Cl2FN3O4. The molecule has 0 saturated carbocycles. The summed E-state index contributed by atoms with van der Waals surface area (Å²) in [5.74, 6) is -2.53. The number of halogens is 3. The van der Waals surface area contributed by atoms with E-state index >= 15 is 0 Å². The second kappa shape index (κ2) is 7.50. The van der Waals surface area contributed by atoms with Crippen molar-refractivity contribution in [3.05, 3.63) is 62.4 Å². The number of hydrogen-bond donors (Lipinski definition) is 1. The van der Waals surface area contributed by atoms with Gasteiger partial charge in [-0.2, -0.15) is 4.39 Å². The van der Waals surface area contributed by atoms with Crippen molar-refractivity contribution in [2.24, 2.45) is 5.92 Å². The van der Waals surface area contributed by atoms with E-state index in [0.29, 0.717) is 15.7 Å². The molecule has 0 aromatic heterocycles. The van der Waals surface area contributed by atoms with Crippen LogP contribution in [-0.4, -0.2) is 23.3 Å². The summed E-state index contributed by atoms with van der Waals surface area (Å²) in [7, 11) is 0. The minimum atomic E-state index is -1.000. The maximum atomic E-state index is 13.5. The number of rotatable bonds is 4. The van der Waals surface area contributed by atoms with Gasteiger partial charge >= 0.3 is 5.69 Å². The molecule has 1 heterocycles. The van der Waals surface area contributed by atoms with E-state index in [1.807, 2.05) is 0 Å². The van der Waals surface area contributed by atoms with E-state index < -0.39 is 34.2 Å². The highest BCUT2D eigenvalue weighted by atomic mass is 35.5. The van der Waals surface area contributed by atoms with Crippen LogP contribution in [0, 0.1) is 21.8 Å². The van der Waals surface area contributed by atoms with Crippen LogP contribution in [0.4, 0.5) is 21.5 Å². The molecule has 1 saturated heterocycles. The van der Waals surface area contributed by atoms with Gasteiger partial charge in [0, 0.05) is 24.1 Å². The lowest BCUT2D eigenvalue weighted by Gasteiger charge is -2.17. The molecular weight excluding hydrogens is 400 g/mol. The monoisotopic (exact) mass is 411 g/mol. The number of carbonyl (C=O) groups is 2. The molecule has 3 rings (SSSR count). The van der Waals surface area contributed by atoms with Crippen molar-refractivity contribution in [2.45, 2.75) is 6.42 Å². The topological polar surface area (TPSA) is 92.6 Å². The molecule has 10 heteroatoms. The van der Waals surface area contributed by atoms with Gasteiger partial charge in [-0.1, -0.05) is 23.2 Å². The van der Waals surface area contributed by atoms with Crippen molar-refractivity contribution in [2.75, 3.05) is 16.8 Å². The fourth-order valence-electron chi connectivity index (χ4n) is 2.77. The number of carbonyl (C=O) groups excluding carboxylic acids is 2. The van der Waals surface area contributed by atoms with E-state index in [4.69, 9.17) is 23.2 Å². The van der Waals surface area contributed by atoms with E-state index in [9.17, 15) is 24.1 Å². The van der Waals surface area contributed by atoms with Gasteiger partial charge in [-0.15, -0.1) is 0 Å². The molecule has 1 N–H and O–H groups in total. The Morgan fingerprint density at radius 3 is 2.70 bits per heavy atom. The molecule has 1 aliphatic rings. The molecule has 140 valence electrons. The predicted molar refractivity (Wildman–Crippen MR) is 98.6 cm³/mol. The van der Waals surface area contributed by atoms with Crippen LogP contribution in [0.25, 0.3) is 0 Å². The molecule has 7 nitrogen and oxygen atoms in total. The van der Waals surface area contributed by atoms with Gasteiger partial charge in [-0.05, 0) is 30.3 Å². The summed E-state index contributed by atoms with van der Waals surface area (Å²) in [5, 5.41) is 14.2. The lowest BCUT2D eigenvalue weighted by molar-refractivity contribution is -0.387. The Kier molecular flexibility index (Phi) is 5.29. The predicted octanol–water partition coefficient (Wildman–Crippen LogP) is 4.03. The summed E-state index contributed by atoms with van der Waals surface area (Å²) in [6.45, 7) is 0.00559. The third-order valence-corrected chi connectivity index (χ3v) is 4.68. The number of nitrogens with one attached hydrogen (secondary N) is 1. The highest BCUT2D eigenvalue weighted by Crippen LogP contribution is 2.31. The molecule has 1 atom stereocenters. The average Bonchev–Trinajstić information content (AvgIpc) is 3.00. The van der Waals surface area contributed by atoms with Crippen LogP contribution in [0.15, 0.2) is 36.4 Å². The molecule has 1 aliphatic heterocycles. The summed E-state index contributed by atoms with van der Waals surface area (Å²) in [6, 6.07) is 7.74. The first-order chi connectivity index (χ1) is 12.8. The zero-order valence-corrected chi connectivity index (χ0v) is 15.1. The normalized spacial score (nSPS) is 16.5. The number of nitro groups is 1. The quantitative estimate of drug-likeness (QED) is 0.606. The Bertz CT molecular complexity index is 954. The first kappa shape index (κ1) is 19.1. The molecule has 0 radical (unpaired) electrons. The van der Waals surface area contributed by atoms with Crippen molar-refractivity contribution >= 4 is 52.1 Å². The van der Waals surface area contributed by atoms with Gasteiger partial charge in [0.15, 0.2) is 0 Å². The first-order valence-electron chi connectivity index (χ1n) is 7.76. The summed E-state index contributed by atoms with van der Waals surface area (Å²) in [4.78, 5) is 36.0. The molecule has 2 amide bonds. The molecule has 1 fully saturated rings. The van der Waals surface area contributed by atoms with Gasteiger partial charge in [0.2, 0.25) is 17.6 Å². The average molecular weight is 412 g/mol. The summed E-state index contributed by atoms with van der Waals surface area (Å²) < 4.78 is 13.5. The number of nitrogens with zero attached hydrogens (tertiary/aromatic N) is 2. The third-order valence-electron chi connectivity index (χ3n) is 4.12. The van der Waals surface area contributed by atoms with Crippen LogP contribution in [0.1, 0.15) is 6.42 Å². The second-order valence-corrected chi connectivity index (χ2v) is 6.76. The molecule has 0 aliphatic carbocycles. The van der Waals surface area contributed by atoms with Crippen molar-refractivity contribution < 1.29 is 18.9 Å². The summed E-state index contributed by atoms with van der Waals surface area (Å²) in [6.07, 6.45) is -0.0881. The Morgan fingerprint density at radius 2 is 2.00 bits per heavy atom. The smallest absolute Gasteiger partial charge is 0.306 e. The Hall–Kier alpha value is -2.71. The maximum Gasteiger partial charge on any atom is 0.306 e. The van der Waals surface area contributed by atoms with Gasteiger partial charge in [-0.3, -0.25) is 19.7 Å². The molecule has 2 aromatic rings. The van der Waals surface area contributed by atoms with Crippen LogP contribution < -0.4 is 10.2 Å². The Balaban J connectivity index is 1.77. The minimum Gasteiger partial charge on any atom is -0.324 e. The van der Waals surface area contributed by atoms with E-state index in [2.05, 4.69) is 5.32 Å². The summed E-state index contributed by atoms with van der Waals surface area (Å²) >= 11 is 11.9. The lowest BCUT2D eigenvalue weighted by atomic mass is 10.1. The molecule has 0 spiro atoms. The van der Waals surface area contributed by atoms with E-state index in [1.165, 1.54) is 23.1 Å². The highest BCUT2D eigenvalue weighted by molar-refractivity contribution is 6.35. The molecule has 2 aromatic carbocycles. The van der Waals surface area contributed by atoms with Gasteiger partial charge < -0.3 is 10.2 Å². The number of benzene rings is 2. The van der Waals surface area contributed by atoms with Gasteiger partial charge in [-0.25, -0.2) is 0 Å². The zero-order chi connectivity index (χ0) is 19.7. The van der Waals surface area contributed by atoms with E-state index in [-0.39, 0.29) is 18.7 Å². The highest BCUT2D eigenvalue weighted by Gasteiger charge is 2.36. The fraction of sp³-hybridized carbons (Fsp3) is 0.176. The standard InChI is InChI=1S/C17H12Cl2FN3O4/c18-10-1-3-12(19)14(6-10)21-17(25)9-5-16(24)22(8-9)11-2-4-13(20)15(7-11)23(26)27/h1-4,6-7,9H,5,8H2,(H,21,25). The first-order valence-corrected chi connectivity index (χ1v) is 8.52. The lowest BCUT2D eigenvalue weighted by Crippen LogP contribution is -2.28. The van der Waals surface area contributed by atoms with Gasteiger partial charge in [0.25, 0.3) is 0 Å². The number of anilines is 2. The Morgan fingerprint density at radius 1 is 1.26 bits per heavy atom. The van der Waals surface area contributed by atoms with Gasteiger partial charge in [0.1, 0.15) is 0 Å². The van der Waals surface area contributed by atoms with Crippen molar-refractivity contribution in [3.8, 4) is 0 Å². The Labute approximate surface area is 162 Å². The number of nitro benzene ring substituents is 1. The van der Waals surface area contributed by atoms with Crippen molar-refractivity contribution in [1.82, 2.24) is 0 Å². The maximum absolute atomic E-state index is 13.5. The number of hydrogen-bond acceptors (Lipinski definition) is 4. The second-order valence-electron chi connectivity index (χ2n) is 5.91.